The van der Waals surface area contributed by atoms with E-state index in [9.17, 15) is 10.4 Å². The SMILES string of the molecule is Cn1c(C(C#N)=C(O)c2ccc(Cc3ccccc3)cc2)nc2ccccc21. The number of aliphatic hydroxyl groups excluding tert-OH is 1. The number of aryl methyl sites for hydroxylation is 1. The van der Waals surface area contributed by atoms with Gasteiger partial charge < -0.3 is 9.67 Å². The molecule has 1 aromatic heterocycles. The maximum atomic E-state index is 10.8. The number of benzene rings is 3. The van der Waals surface area contributed by atoms with E-state index >= 15 is 0 Å². The van der Waals surface area contributed by atoms with Crippen molar-refractivity contribution in [3.8, 4) is 6.07 Å². The zero-order valence-electron chi connectivity index (χ0n) is 15.5. The van der Waals surface area contributed by atoms with Gasteiger partial charge in [0.1, 0.15) is 17.4 Å². The summed E-state index contributed by atoms with van der Waals surface area (Å²) in [5.41, 5.74) is 4.83. The Morgan fingerprint density at radius 3 is 2.25 bits per heavy atom. The summed E-state index contributed by atoms with van der Waals surface area (Å²) >= 11 is 0. The third-order valence-corrected chi connectivity index (χ3v) is 4.84. The molecule has 0 aliphatic carbocycles. The first-order valence-electron chi connectivity index (χ1n) is 9.06. The minimum absolute atomic E-state index is 0.0628. The molecule has 4 aromatic rings. The highest BCUT2D eigenvalue weighted by Gasteiger charge is 2.17. The van der Waals surface area contributed by atoms with E-state index in [2.05, 4.69) is 23.2 Å². The van der Waals surface area contributed by atoms with Gasteiger partial charge in [-0.15, -0.1) is 0 Å². The average molecular weight is 365 g/mol. The molecule has 0 saturated heterocycles. The Kier molecular flexibility index (Phi) is 4.65. The lowest BCUT2D eigenvalue weighted by Crippen LogP contribution is -1.99. The molecule has 3 aromatic carbocycles. The van der Waals surface area contributed by atoms with Crippen LogP contribution in [-0.4, -0.2) is 14.7 Å². The molecule has 0 radical (unpaired) electrons. The van der Waals surface area contributed by atoms with E-state index in [-0.39, 0.29) is 11.3 Å². The van der Waals surface area contributed by atoms with Gasteiger partial charge in [0.25, 0.3) is 0 Å². The molecule has 1 heterocycles. The predicted molar refractivity (Wildman–Crippen MR) is 111 cm³/mol. The summed E-state index contributed by atoms with van der Waals surface area (Å²) in [7, 11) is 1.85. The standard InChI is InChI=1S/C24H19N3O/c1-27-22-10-6-5-9-21(22)26-24(27)20(16-25)23(28)19-13-11-18(12-14-19)15-17-7-3-2-4-8-17/h2-14,28H,15H2,1H3. The molecule has 28 heavy (non-hydrogen) atoms. The smallest absolute Gasteiger partial charge is 0.155 e. The van der Waals surface area contributed by atoms with Gasteiger partial charge in [-0.05, 0) is 29.7 Å². The van der Waals surface area contributed by atoms with Crippen molar-refractivity contribution in [2.75, 3.05) is 0 Å². The molecule has 4 nitrogen and oxygen atoms in total. The van der Waals surface area contributed by atoms with Gasteiger partial charge in [0.2, 0.25) is 0 Å². The second kappa shape index (κ2) is 7.42. The summed E-state index contributed by atoms with van der Waals surface area (Å²) in [6.07, 6.45) is 0.821. The number of allylic oxidation sites excluding steroid dienone is 1. The van der Waals surface area contributed by atoms with Crippen LogP contribution in [0, 0.1) is 11.3 Å². The van der Waals surface area contributed by atoms with Gasteiger partial charge in [-0.1, -0.05) is 66.7 Å². The predicted octanol–water partition coefficient (Wildman–Crippen LogP) is 5.11. The Labute approximate surface area is 163 Å². The van der Waals surface area contributed by atoms with Gasteiger partial charge in [0.05, 0.1) is 11.0 Å². The van der Waals surface area contributed by atoms with Crippen LogP contribution in [0.15, 0.2) is 78.9 Å². The van der Waals surface area contributed by atoms with Crippen LogP contribution >= 0.6 is 0 Å². The number of rotatable bonds is 4. The highest BCUT2D eigenvalue weighted by Crippen LogP contribution is 2.26. The monoisotopic (exact) mass is 365 g/mol. The normalized spacial score (nSPS) is 11.9. The fourth-order valence-corrected chi connectivity index (χ4v) is 3.33. The van der Waals surface area contributed by atoms with E-state index in [1.807, 2.05) is 78.3 Å². The first-order valence-corrected chi connectivity index (χ1v) is 9.06. The first kappa shape index (κ1) is 17.6. The number of aliphatic hydroxyl groups is 1. The largest absolute Gasteiger partial charge is 0.506 e. The van der Waals surface area contributed by atoms with Gasteiger partial charge in [-0.3, -0.25) is 0 Å². The molecule has 0 unspecified atom stereocenters. The zero-order valence-corrected chi connectivity index (χ0v) is 15.5. The minimum atomic E-state index is -0.0628. The topological polar surface area (TPSA) is 61.8 Å². The second-order valence-corrected chi connectivity index (χ2v) is 6.68. The molecule has 4 heteroatoms. The molecule has 0 amide bonds. The number of hydrogen-bond acceptors (Lipinski definition) is 3. The number of imidazole rings is 1. The fraction of sp³-hybridized carbons (Fsp3) is 0.0833. The number of fused-ring (bicyclic) bond motifs is 1. The van der Waals surface area contributed by atoms with E-state index < -0.39 is 0 Å². The van der Waals surface area contributed by atoms with Crippen LogP contribution in [0.5, 0.6) is 0 Å². The third-order valence-electron chi connectivity index (χ3n) is 4.84. The summed E-state index contributed by atoms with van der Waals surface area (Å²) in [6.45, 7) is 0. The van der Waals surface area contributed by atoms with Crippen molar-refractivity contribution in [2.24, 2.45) is 7.05 Å². The van der Waals surface area contributed by atoms with Crippen molar-refractivity contribution in [3.05, 3.63) is 101 Å². The molecule has 0 aliphatic rings. The van der Waals surface area contributed by atoms with Crippen LogP contribution in [0.4, 0.5) is 0 Å². The third kappa shape index (κ3) is 3.26. The number of aromatic nitrogens is 2. The molecule has 4 rings (SSSR count). The maximum absolute atomic E-state index is 10.8. The van der Waals surface area contributed by atoms with Gasteiger partial charge in [0, 0.05) is 12.6 Å². The number of para-hydroxylation sites is 2. The van der Waals surface area contributed by atoms with E-state index in [1.54, 1.807) is 0 Å². The molecule has 0 aliphatic heterocycles. The summed E-state index contributed by atoms with van der Waals surface area (Å²) < 4.78 is 1.83. The lowest BCUT2D eigenvalue weighted by atomic mass is 10.0. The Morgan fingerprint density at radius 2 is 1.57 bits per heavy atom. The molecule has 0 atom stereocenters. The molecule has 0 bridgehead atoms. The Bertz CT molecular complexity index is 1200. The van der Waals surface area contributed by atoms with Crippen LogP contribution in [0.1, 0.15) is 22.5 Å². The summed E-state index contributed by atoms with van der Waals surface area (Å²) in [6, 6.07) is 27.6. The van der Waals surface area contributed by atoms with Gasteiger partial charge in [0.15, 0.2) is 5.82 Å². The molecule has 0 spiro atoms. The Balaban J connectivity index is 1.69. The van der Waals surface area contributed by atoms with E-state index in [0.29, 0.717) is 11.4 Å². The molecular weight excluding hydrogens is 346 g/mol. The molecule has 1 N–H and O–H groups in total. The van der Waals surface area contributed by atoms with Crippen molar-refractivity contribution in [2.45, 2.75) is 6.42 Å². The van der Waals surface area contributed by atoms with Crippen LogP contribution in [-0.2, 0) is 13.5 Å². The fourth-order valence-electron chi connectivity index (χ4n) is 3.33. The van der Waals surface area contributed by atoms with Crippen molar-refractivity contribution in [3.63, 3.8) is 0 Å². The Morgan fingerprint density at radius 1 is 0.929 bits per heavy atom. The van der Waals surface area contributed by atoms with E-state index in [1.165, 1.54) is 5.56 Å². The quantitative estimate of drug-likeness (QED) is 0.404. The summed E-state index contributed by atoms with van der Waals surface area (Å²) in [5, 5.41) is 20.5. The number of nitrogens with zero attached hydrogens (tertiary/aromatic N) is 3. The lowest BCUT2D eigenvalue weighted by molar-refractivity contribution is 0.513. The highest BCUT2D eigenvalue weighted by atomic mass is 16.3. The van der Waals surface area contributed by atoms with Gasteiger partial charge in [-0.25, -0.2) is 4.98 Å². The van der Waals surface area contributed by atoms with E-state index in [4.69, 9.17) is 0 Å². The van der Waals surface area contributed by atoms with Crippen molar-refractivity contribution < 1.29 is 5.11 Å². The lowest BCUT2D eigenvalue weighted by Gasteiger charge is -2.07. The molecule has 136 valence electrons. The average Bonchev–Trinajstić information content (AvgIpc) is 3.06. The van der Waals surface area contributed by atoms with Gasteiger partial charge >= 0.3 is 0 Å². The van der Waals surface area contributed by atoms with Crippen molar-refractivity contribution >= 4 is 22.4 Å². The Hall–Kier alpha value is -3.84. The second-order valence-electron chi connectivity index (χ2n) is 6.68. The summed E-state index contributed by atoms with van der Waals surface area (Å²) in [5.74, 6) is 0.390. The number of hydrogen-bond donors (Lipinski definition) is 1. The van der Waals surface area contributed by atoms with Crippen LogP contribution < -0.4 is 0 Å². The van der Waals surface area contributed by atoms with Gasteiger partial charge in [-0.2, -0.15) is 5.26 Å². The van der Waals surface area contributed by atoms with E-state index in [0.717, 1.165) is 23.0 Å². The summed E-state index contributed by atoms with van der Waals surface area (Å²) in [4.78, 5) is 4.53. The first-order chi connectivity index (χ1) is 13.7. The van der Waals surface area contributed by atoms with Crippen molar-refractivity contribution in [1.82, 2.24) is 9.55 Å². The maximum Gasteiger partial charge on any atom is 0.155 e. The highest BCUT2D eigenvalue weighted by molar-refractivity contribution is 5.94. The molecule has 0 fully saturated rings. The zero-order chi connectivity index (χ0) is 19.5. The van der Waals surface area contributed by atoms with Crippen LogP contribution in [0.25, 0.3) is 22.4 Å². The molecular formula is C24H19N3O. The van der Waals surface area contributed by atoms with Crippen molar-refractivity contribution in [1.29, 1.82) is 5.26 Å². The van der Waals surface area contributed by atoms with Crippen LogP contribution in [0.3, 0.4) is 0 Å². The number of nitriles is 1. The molecule has 0 saturated carbocycles. The van der Waals surface area contributed by atoms with Crippen LogP contribution in [0.2, 0.25) is 0 Å². The minimum Gasteiger partial charge on any atom is -0.506 e.